The van der Waals surface area contributed by atoms with Gasteiger partial charge >= 0.3 is 0 Å². The molecule has 0 spiro atoms. The summed E-state index contributed by atoms with van der Waals surface area (Å²) in [5, 5.41) is 4.41. The summed E-state index contributed by atoms with van der Waals surface area (Å²) in [6, 6.07) is 10.5. The zero-order valence-corrected chi connectivity index (χ0v) is 15.0. The number of aromatic nitrogens is 3. The highest BCUT2D eigenvalue weighted by Crippen LogP contribution is 2.29. The van der Waals surface area contributed by atoms with E-state index in [0.29, 0.717) is 0 Å². The maximum absolute atomic E-state index is 4.83. The summed E-state index contributed by atoms with van der Waals surface area (Å²) in [5.41, 5.74) is 5.92. The van der Waals surface area contributed by atoms with Gasteiger partial charge in [-0.25, -0.2) is 9.97 Å². The van der Waals surface area contributed by atoms with Gasteiger partial charge in [0.05, 0.1) is 22.3 Å². The van der Waals surface area contributed by atoms with Gasteiger partial charge in [-0.05, 0) is 32.0 Å². The van der Waals surface area contributed by atoms with Crippen molar-refractivity contribution in [2.75, 3.05) is 0 Å². The molecule has 4 rings (SSSR count). The quantitative estimate of drug-likeness (QED) is 0.528. The van der Waals surface area contributed by atoms with Gasteiger partial charge in [0.2, 0.25) is 0 Å². The van der Waals surface area contributed by atoms with Gasteiger partial charge in [-0.1, -0.05) is 12.1 Å². The van der Waals surface area contributed by atoms with Crippen molar-refractivity contribution in [3.63, 3.8) is 0 Å². The molecule has 0 atom stereocenters. The van der Waals surface area contributed by atoms with Crippen LogP contribution in [0, 0.1) is 13.8 Å². The largest absolute Gasteiger partial charge is 0.351 e. The molecular weight excluding hydrogens is 322 g/mol. The van der Waals surface area contributed by atoms with E-state index in [1.807, 2.05) is 6.07 Å². The second-order valence-corrected chi connectivity index (χ2v) is 7.78. The number of benzene rings is 1. The smallest absolute Gasteiger partial charge is 0.101 e. The van der Waals surface area contributed by atoms with Gasteiger partial charge in [0.1, 0.15) is 10.0 Å². The molecule has 0 aliphatic rings. The van der Waals surface area contributed by atoms with E-state index in [1.165, 1.54) is 21.7 Å². The molecule has 0 bridgehead atoms. The Morgan fingerprint density at radius 3 is 2.65 bits per heavy atom. The number of hydrogen-bond donors (Lipinski definition) is 0. The first-order valence-electron chi connectivity index (χ1n) is 7.54. The first kappa shape index (κ1) is 14.6. The number of nitrogens with zero attached hydrogens (tertiary/aromatic N) is 3. The van der Waals surface area contributed by atoms with E-state index >= 15 is 0 Å². The first-order valence-corrected chi connectivity index (χ1v) is 9.23. The van der Waals surface area contributed by atoms with Gasteiger partial charge in [-0.2, -0.15) is 0 Å². The summed E-state index contributed by atoms with van der Waals surface area (Å²) < 4.78 is 3.45. The Hall–Kier alpha value is -1.98. The average Bonchev–Trinajstić information content (AvgIpc) is 3.22. The second kappa shape index (κ2) is 5.58. The molecule has 23 heavy (non-hydrogen) atoms. The molecule has 5 heteroatoms. The predicted octanol–water partition coefficient (Wildman–Crippen LogP) is 4.97. The number of rotatable bonds is 3. The van der Waals surface area contributed by atoms with Crippen molar-refractivity contribution in [1.29, 1.82) is 0 Å². The van der Waals surface area contributed by atoms with Crippen molar-refractivity contribution in [3.8, 4) is 11.3 Å². The van der Waals surface area contributed by atoms with Crippen LogP contribution in [-0.2, 0) is 13.5 Å². The van der Waals surface area contributed by atoms with E-state index in [1.54, 1.807) is 22.7 Å². The van der Waals surface area contributed by atoms with Crippen molar-refractivity contribution in [3.05, 3.63) is 57.1 Å². The number of aryl methyl sites for hydroxylation is 1. The van der Waals surface area contributed by atoms with E-state index in [2.05, 4.69) is 55.1 Å². The topological polar surface area (TPSA) is 30.7 Å². The molecule has 0 saturated carbocycles. The fourth-order valence-electron chi connectivity index (χ4n) is 2.76. The molecule has 3 aromatic heterocycles. The lowest BCUT2D eigenvalue weighted by Gasteiger charge is -1.99. The minimum atomic E-state index is 0.814. The number of fused-ring (bicyclic) bond motifs is 1. The zero-order valence-electron chi connectivity index (χ0n) is 13.3. The lowest BCUT2D eigenvalue weighted by atomic mass is 10.2. The van der Waals surface area contributed by atoms with Crippen LogP contribution in [0.25, 0.3) is 21.5 Å². The molecule has 0 aliphatic heterocycles. The molecule has 116 valence electrons. The van der Waals surface area contributed by atoms with E-state index in [4.69, 9.17) is 9.97 Å². The van der Waals surface area contributed by atoms with Gasteiger partial charge in [-0.15, -0.1) is 22.7 Å². The van der Waals surface area contributed by atoms with Crippen LogP contribution in [0.3, 0.4) is 0 Å². The van der Waals surface area contributed by atoms with Crippen LogP contribution in [0.2, 0.25) is 0 Å². The van der Waals surface area contributed by atoms with Crippen LogP contribution < -0.4 is 0 Å². The van der Waals surface area contributed by atoms with Crippen molar-refractivity contribution in [1.82, 2.24) is 14.5 Å². The van der Waals surface area contributed by atoms with Gasteiger partial charge < -0.3 is 4.57 Å². The molecule has 0 unspecified atom stereocenters. The molecule has 0 amide bonds. The maximum Gasteiger partial charge on any atom is 0.101 e. The van der Waals surface area contributed by atoms with E-state index in [0.717, 1.165) is 27.6 Å². The van der Waals surface area contributed by atoms with E-state index in [-0.39, 0.29) is 0 Å². The highest BCUT2D eigenvalue weighted by atomic mass is 32.1. The lowest BCUT2D eigenvalue weighted by Crippen LogP contribution is -1.93. The van der Waals surface area contributed by atoms with Crippen molar-refractivity contribution < 1.29 is 0 Å². The monoisotopic (exact) mass is 339 g/mol. The van der Waals surface area contributed by atoms with Gasteiger partial charge in [0.15, 0.2) is 0 Å². The van der Waals surface area contributed by atoms with Gasteiger partial charge in [0, 0.05) is 29.4 Å². The summed E-state index contributed by atoms with van der Waals surface area (Å²) in [6.07, 6.45) is 0.814. The summed E-state index contributed by atoms with van der Waals surface area (Å²) in [5.74, 6) is 0. The Balaban J connectivity index is 1.64. The van der Waals surface area contributed by atoms with E-state index < -0.39 is 0 Å². The fourth-order valence-corrected chi connectivity index (χ4v) is 4.62. The third kappa shape index (κ3) is 2.60. The van der Waals surface area contributed by atoms with Gasteiger partial charge in [-0.3, -0.25) is 0 Å². The van der Waals surface area contributed by atoms with Crippen LogP contribution in [0.4, 0.5) is 0 Å². The molecule has 0 radical (unpaired) electrons. The number of thiazole rings is 2. The number of para-hydroxylation sites is 1. The number of hydrogen-bond acceptors (Lipinski definition) is 4. The minimum absolute atomic E-state index is 0.814. The Morgan fingerprint density at radius 1 is 1.09 bits per heavy atom. The summed E-state index contributed by atoms with van der Waals surface area (Å²) in [4.78, 5) is 9.54. The van der Waals surface area contributed by atoms with Crippen molar-refractivity contribution >= 4 is 32.9 Å². The van der Waals surface area contributed by atoms with Crippen LogP contribution in [0.5, 0.6) is 0 Å². The van der Waals surface area contributed by atoms with Gasteiger partial charge in [0.25, 0.3) is 0 Å². The molecule has 3 heterocycles. The SMILES string of the molecule is Cc1cc(-c2csc(Cc3nc4ccccc4s3)n2)c(C)n1C. The van der Waals surface area contributed by atoms with Crippen LogP contribution in [-0.4, -0.2) is 14.5 Å². The lowest BCUT2D eigenvalue weighted by molar-refractivity contribution is 0.845. The summed E-state index contributed by atoms with van der Waals surface area (Å²) in [6.45, 7) is 4.28. The normalized spacial score (nSPS) is 11.4. The van der Waals surface area contributed by atoms with E-state index in [9.17, 15) is 0 Å². The molecule has 0 fully saturated rings. The minimum Gasteiger partial charge on any atom is -0.351 e. The molecule has 0 aliphatic carbocycles. The molecule has 0 N–H and O–H groups in total. The average molecular weight is 339 g/mol. The Bertz CT molecular complexity index is 958. The molecule has 4 aromatic rings. The first-order chi connectivity index (χ1) is 11.1. The third-order valence-electron chi connectivity index (χ3n) is 4.24. The fraction of sp³-hybridized carbons (Fsp3) is 0.222. The van der Waals surface area contributed by atoms with Crippen LogP contribution >= 0.6 is 22.7 Å². The standard InChI is InChI=1S/C18H17N3S2/c1-11-8-13(12(2)21(11)3)15-10-22-17(20-15)9-18-19-14-6-4-5-7-16(14)23-18/h4-8,10H,9H2,1-3H3. The second-order valence-electron chi connectivity index (χ2n) is 5.72. The third-order valence-corrected chi connectivity index (χ3v) is 6.13. The van der Waals surface area contributed by atoms with Crippen molar-refractivity contribution in [2.45, 2.75) is 20.3 Å². The summed E-state index contributed by atoms with van der Waals surface area (Å²) >= 11 is 3.48. The van der Waals surface area contributed by atoms with Crippen LogP contribution in [0.1, 0.15) is 21.4 Å². The van der Waals surface area contributed by atoms with Crippen molar-refractivity contribution in [2.24, 2.45) is 7.05 Å². The summed E-state index contributed by atoms with van der Waals surface area (Å²) in [7, 11) is 2.10. The molecule has 1 aromatic carbocycles. The highest BCUT2D eigenvalue weighted by Gasteiger charge is 2.13. The molecule has 0 saturated heterocycles. The Morgan fingerprint density at radius 2 is 1.91 bits per heavy atom. The zero-order chi connectivity index (χ0) is 16.0. The van der Waals surface area contributed by atoms with Crippen LogP contribution in [0.15, 0.2) is 35.7 Å². The predicted molar refractivity (Wildman–Crippen MR) is 98.4 cm³/mol. The molecular formula is C18H17N3S2. The highest BCUT2D eigenvalue weighted by molar-refractivity contribution is 7.18. The maximum atomic E-state index is 4.83. The Labute approximate surface area is 143 Å². The Kier molecular flexibility index (Phi) is 3.54. The molecule has 3 nitrogen and oxygen atoms in total.